The molecule has 2 fully saturated rings. The molecule has 0 N–H and O–H groups in total. The van der Waals surface area contributed by atoms with Gasteiger partial charge in [-0.3, -0.25) is 0 Å². The van der Waals surface area contributed by atoms with Gasteiger partial charge in [0.2, 0.25) is 0 Å². The average molecular weight is 232 g/mol. The van der Waals surface area contributed by atoms with Crippen LogP contribution in [0.15, 0.2) is 0 Å². The third kappa shape index (κ3) is 2.11. The minimum atomic E-state index is -0.893. The van der Waals surface area contributed by atoms with Crippen LogP contribution in [0.4, 0.5) is 8.78 Å². The summed E-state index contributed by atoms with van der Waals surface area (Å²) in [6.45, 7) is 4.29. The summed E-state index contributed by atoms with van der Waals surface area (Å²) in [6.07, 6.45) is 1.21. The molecule has 0 bridgehead atoms. The Kier molecular flexibility index (Phi) is 3.83. The molecule has 1 aliphatic carbocycles. The van der Waals surface area contributed by atoms with Gasteiger partial charge in [0, 0.05) is 5.92 Å². The molecule has 1 nitrogen and oxygen atoms in total. The van der Waals surface area contributed by atoms with Crippen LogP contribution in [0.3, 0.4) is 0 Å². The van der Waals surface area contributed by atoms with Gasteiger partial charge in [-0.25, -0.2) is 8.78 Å². The molecule has 0 aromatic carbocycles. The fraction of sp³-hybridized carbons (Fsp3) is 1.00. The second kappa shape index (κ2) is 4.99. The molecule has 16 heavy (non-hydrogen) atoms. The lowest BCUT2D eigenvalue weighted by Gasteiger charge is -2.46. The van der Waals surface area contributed by atoms with Crippen molar-refractivity contribution in [3.05, 3.63) is 0 Å². The highest BCUT2D eigenvalue weighted by molar-refractivity contribution is 4.92. The highest BCUT2D eigenvalue weighted by Gasteiger charge is 2.45. The molecule has 1 aliphatic heterocycles. The highest BCUT2D eigenvalue weighted by atomic mass is 19.1. The SMILES string of the molecule is CCC(F)C1OCC2C(F)CCCC2C1C. The fourth-order valence-electron chi connectivity index (χ4n) is 3.41. The lowest BCUT2D eigenvalue weighted by molar-refractivity contribution is -0.143. The zero-order chi connectivity index (χ0) is 11.7. The third-order valence-electron chi connectivity index (χ3n) is 4.45. The van der Waals surface area contributed by atoms with Crippen molar-refractivity contribution in [1.82, 2.24) is 0 Å². The van der Waals surface area contributed by atoms with Crippen molar-refractivity contribution in [1.29, 1.82) is 0 Å². The van der Waals surface area contributed by atoms with E-state index in [1.807, 2.05) is 13.8 Å². The van der Waals surface area contributed by atoms with E-state index in [0.29, 0.717) is 25.4 Å². The zero-order valence-corrected chi connectivity index (χ0v) is 10.2. The molecule has 2 aliphatic rings. The number of rotatable bonds is 2. The lowest BCUT2D eigenvalue weighted by atomic mass is 9.68. The zero-order valence-electron chi connectivity index (χ0n) is 10.2. The molecule has 0 radical (unpaired) electrons. The van der Waals surface area contributed by atoms with Gasteiger partial charge < -0.3 is 4.74 Å². The maximum Gasteiger partial charge on any atom is 0.126 e. The molecule has 0 spiro atoms. The fourth-order valence-corrected chi connectivity index (χ4v) is 3.41. The van der Waals surface area contributed by atoms with Gasteiger partial charge >= 0.3 is 0 Å². The number of fused-ring (bicyclic) bond motifs is 1. The van der Waals surface area contributed by atoms with Gasteiger partial charge in [-0.05, 0) is 31.1 Å². The summed E-state index contributed by atoms with van der Waals surface area (Å²) < 4.78 is 33.0. The molecule has 1 heterocycles. The van der Waals surface area contributed by atoms with E-state index in [1.54, 1.807) is 0 Å². The van der Waals surface area contributed by atoms with E-state index in [9.17, 15) is 8.78 Å². The standard InChI is InChI=1S/C13H22F2O/c1-3-11(14)13-8(2)9-5-4-6-12(15)10(9)7-16-13/h8-13H,3-7H2,1-2H3. The Bertz CT molecular complexity index is 234. The van der Waals surface area contributed by atoms with Gasteiger partial charge in [-0.2, -0.15) is 0 Å². The summed E-state index contributed by atoms with van der Waals surface area (Å²) in [4.78, 5) is 0. The topological polar surface area (TPSA) is 9.23 Å². The predicted molar refractivity (Wildman–Crippen MR) is 59.8 cm³/mol. The average Bonchev–Trinajstić information content (AvgIpc) is 2.30. The molecular formula is C13H22F2O. The summed E-state index contributed by atoms with van der Waals surface area (Å²) in [5, 5.41) is 0. The predicted octanol–water partition coefficient (Wildman–Crippen LogP) is 3.52. The first kappa shape index (κ1) is 12.3. The highest BCUT2D eigenvalue weighted by Crippen LogP contribution is 2.43. The molecule has 0 aromatic heterocycles. The third-order valence-corrected chi connectivity index (χ3v) is 4.45. The summed E-state index contributed by atoms with van der Waals surface area (Å²) in [5.74, 6) is 0.503. The van der Waals surface area contributed by atoms with Gasteiger partial charge in [0.1, 0.15) is 12.3 Å². The Balaban J connectivity index is 2.05. The van der Waals surface area contributed by atoms with Crippen LogP contribution in [0.2, 0.25) is 0 Å². The first-order valence-electron chi connectivity index (χ1n) is 6.54. The van der Waals surface area contributed by atoms with E-state index in [2.05, 4.69) is 0 Å². The van der Waals surface area contributed by atoms with Crippen LogP contribution in [0.5, 0.6) is 0 Å². The molecule has 2 rings (SSSR count). The molecular weight excluding hydrogens is 210 g/mol. The van der Waals surface area contributed by atoms with Crippen LogP contribution < -0.4 is 0 Å². The largest absolute Gasteiger partial charge is 0.374 e. The molecule has 6 atom stereocenters. The molecule has 0 aromatic rings. The van der Waals surface area contributed by atoms with Gasteiger partial charge in [-0.1, -0.05) is 20.3 Å². The quantitative estimate of drug-likeness (QED) is 0.707. The Morgan fingerprint density at radius 1 is 1.31 bits per heavy atom. The first-order valence-corrected chi connectivity index (χ1v) is 6.54. The normalized spacial score (nSPS) is 46.1. The van der Waals surface area contributed by atoms with E-state index >= 15 is 0 Å². The van der Waals surface area contributed by atoms with E-state index in [-0.39, 0.29) is 17.9 Å². The van der Waals surface area contributed by atoms with Gasteiger partial charge in [0.05, 0.1) is 12.7 Å². The van der Waals surface area contributed by atoms with Crippen molar-refractivity contribution >= 4 is 0 Å². The monoisotopic (exact) mass is 232 g/mol. The summed E-state index contributed by atoms with van der Waals surface area (Å²) >= 11 is 0. The van der Waals surface area contributed by atoms with Crippen LogP contribution in [-0.2, 0) is 4.74 Å². The van der Waals surface area contributed by atoms with Crippen molar-refractivity contribution in [3.63, 3.8) is 0 Å². The number of alkyl halides is 2. The Hall–Kier alpha value is -0.180. The summed E-state index contributed by atoms with van der Waals surface area (Å²) in [5.41, 5.74) is 0. The second-order valence-electron chi connectivity index (χ2n) is 5.36. The summed E-state index contributed by atoms with van der Waals surface area (Å²) in [7, 11) is 0. The Morgan fingerprint density at radius 2 is 2.06 bits per heavy atom. The Morgan fingerprint density at radius 3 is 2.75 bits per heavy atom. The minimum Gasteiger partial charge on any atom is -0.374 e. The smallest absolute Gasteiger partial charge is 0.126 e. The van der Waals surface area contributed by atoms with Crippen molar-refractivity contribution < 1.29 is 13.5 Å². The van der Waals surface area contributed by atoms with Crippen LogP contribution >= 0.6 is 0 Å². The van der Waals surface area contributed by atoms with E-state index in [4.69, 9.17) is 4.74 Å². The molecule has 6 unspecified atom stereocenters. The van der Waals surface area contributed by atoms with Crippen molar-refractivity contribution in [2.45, 2.75) is 58.0 Å². The molecule has 94 valence electrons. The molecule has 1 saturated heterocycles. The van der Waals surface area contributed by atoms with Crippen LogP contribution in [-0.4, -0.2) is 25.1 Å². The summed E-state index contributed by atoms with van der Waals surface area (Å²) in [6, 6.07) is 0. The number of hydrogen-bond acceptors (Lipinski definition) is 1. The number of ether oxygens (including phenoxy) is 1. The van der Waals surface area contributed by atoms with Gasteiger partial charge in [-0.15, -0.1) is 0 Å². The van der Waals surface area contributed by atoms with Crippen LogP contribution in [0.1, 0.15) is 39.5 Å². The second-order valence-corrected chi connectivity index (χ2v) is 5.36. The van der Waals surface area contributed by atoms with Gasteiger partial charge in [0.15, 0.2) is 0 Å². The maximum absolute atomic E-state index is 13.7. The van der Waals surface area contributed by atoms with Crippen LogP contribution in [0, 0.1) is 17.8 Å². The lowest BCUT2D eigenvalue weighted by Crippen LogP contribution is -2.49. The minimum absolute atomic E-state index is 0.0176. The molecule has 1 saturated carbocycles. The van der Waals surface area contributed by atoms with E-state index in [1.165, 1.54) is 0 Å². The first-order chi connectivity index (χ1) is 7.65. The van der Waals surface area contributed by atoms with Gasteiger partial charge in [0.25, 0.3) is 0 Å². The number of hydrogen-bond donors (Lipinski definition) is 0. The van der Waals surface area contributed by atoms with E-state index in [0.717, 1.165) is 12.8 Å². The van der Waals surface area contributed by atoms with Crippen molar-refractivity contribution in [2.24, 2.45) is 17.8 Å². The molecule has 0 amide bonds. The molecule has 3 heteroatoms. The van der Waals surface area contributed by atoms with Crippen molar-refractivity contribution in [3.8, 4) is 0 Å². The van der Waals surface area contributed by atoms with E-state index < -0.39 is 12.3 Å². The Labute approximate surface area is 96.6 Å². The number of halogens is 2. The van der Waals surface area contributed by atoms with Crippen molar-refractivity contribution in [2.75, 3.05) is 6.61 Å². The van der Waals surface area contributed by atoms with Crippen LogP contribution in [0.25, 0.3) is 0 Å². The maximum atomic E-state index is 13.7.